The first-order valence-corrected chi connectivity index (χ1v) is 4.47. The Morgan fingerprint density at radius 1 is 1.75 bits per heavy atom. The minimum atomic E-state index is -0.803. The number of rotatable bonds is 2. The summed E-state index contributed by atoms with van der Waals surface area (Å²) in [6, 6.07) is 2.03. The number of nitrogens with zero attached hydrogens (tertiary/aromatic N) is 1. The van der Waals surface area contributed by atoms with E-state index in [4.69, 9.17) is 5.26 Å². The molecule has 2 atom stereocenters. The summed E-state index contributed by atoms with van der Waals surface area (Å²) in [6.45, 7) is 3.64. The van der Waals surface area contributed by atoms with Gasteiger partial charge in [-0.1, -0.05) is 0 Å². The Labute approximate surface area is 73.4 Å². The third-order valence-corrected chi connectivity index (χ3v) is 2.61. The molecule has 0 aliphatic carbocycles. The van der Waals surface area contributed by atoms with Crippen LogP contribution in [0.25, 0.3) is 0 Å². The molecule has 3 heteroatoms. The van der Waals surface area contributed by atoms with Crippen molar-refractivity contribution in [3.05, 3.63) is 0 Å². The zero-order valence-electron chi connectivity index (χ0n) is 7.51. The van der Waals surface area contributed by atoms with Crippen molar-refractivity contribution in [1.29, 1.82) is 5.26 Å². The van der Waals surface area contributed by atoms with Gasteiger partial charge in [0.25, 0.3) is 0 Å². The van der Waals surface area contributed by atoms with Crippen LogP contribution in [0.5, 0.6) is 0 Å². The summed E-state index contributed by atoms with van der Waals surface area (Å²) < 4.78 is 0. The molecule has 0 spiro atoms. The van der Waals surface area contributed by atoms with Crippen molar-refractivity contribution in [2.24, 2.45) is 5.92 Å². The molecular formula is C9H16N2O. The summed E-state index contributed by atoms with van der Waals surface area (Å²) in [5, 5.41) is 21.6. The molecule has 2 unspecified atom stereocenters. The maximum atomic E-state index is 9.88. The predicted octanol–water partition coefficient (Wildman–Crippen LogP) is 0.651. The third kappa shape index (κ3) is 2.20. The zero-order valence-corrected chi connectivity index (χ0v) is 7.51. The van der Waals surface area contributed by atoms with Crippen molar-refractivity contribution in [3.63, 3.8) is 0 Å². The Kier molecular flexibility index (Phi) is 3.07. The lowest BCUT2D eigenvalue weighted by molar-refractivity contribution is -0.00634. The molecule has 0 amide bonds. The highest BCUT2D eigenvalue weighted by atomic mass is 16.3. The Morgan fingerprint density at radius 2 is 2.50 bits per heavy atom. The summed E-state index contributed by atoms with van der Waals surface area (Å²) in [7, 11) is 0. The molecule has 0 bridgehead atoms. The fourth-order valence-corrected chi connectivity index (χ4v) is 1.69. The Morgan fingerprint density at radius 3 is 3.00 bits per heavy atom. The minimum absolute atomic E-state index is 0.235. The number of hydrogen-bond donors (Lipinski definition) is 2. The van der Waals surface area contributed by atoms with E-state index in [9.17, 15) is 5.11 Å². The van der Waals surface area contributed by atoms with Crippen LogP contribution in [0.15, 0.2) is 0 Å². The van der Waals surface area contributed by atoms with Gasteiger partial charge in [-0.25, -0.2) is 0 Å². The van der Waals surface area contributed by atoms with E-state index in [0.717, 1.165) is 25.9 Å². The van der Waals surface area contributed by atoms with Crippen LogP contribution < -0.4 is 5.32 Å². The van der Waals surface area contributed by atoms with E-state index >= 15 is 0 Å². The van der Waals surface area contributed by atoms with Gasteiger partial charge in [0.2, 0.25) is 0 Å². The number of hydrogen-bond acceptors (Lipinski definition) is 3. The molecule has 0 aromatic rings. The molecule has 1 aliphatic heterocycles. The van der Waals surface area contributed by atoms with Crippen molar-refractivity contribution in [2.75, 3.05) is 13.1 Å². The number of piperidine rings is 1. The molecule has 1 rings (SSSR count). The highest BCUT2D eigenvalue weighted by Crippen LogP contribution is 2.26. The van der Waals surface area contributed by atoms with Gasteiger partial charge >= 0.3 is 0 Å². The molecule has 0 radical (unpaired) electrons. The number of aliphatic hydroxyl groups is 1. The maximum Gasteiger partial charge on any atom is 0.0789 e. The van der Waals surface area contributed by atoms with Crippen LogP contribution in [0, 0.1) is 17.2 Å². The second-order valence-corrected chi connectivity index (χ2v) is 3.74. The monoisotopic (exact) mass is 168 g/mol. The van der Waals surface area contributed by atoms with Gasteiger partial charge in [-0.3, -0.25) is 0 Å². The van der Waals surface area contributed by atoms with Crippen molar-refractivity contribution in [3.8, 4) is 6.07 Å². The van der Waals surface area contributed by atoms with Crippen LogP contribution in [-0.2, 0) is 0 Å². The summed E-state index contributed by atoms with van der Waals surface area (Å²) in [4.78, 5) is 0. The van der Waals surface area contributed by atoms with E-state index in [2.05, 4.69) is 5.32 Å². The van der Waals surface area contributed by atoms with Crippen LogP contribution in [0.4, 0.5) is 0 Å². The van der Waals surface area contributed by atoms with Gasteiger partial charge in [-0.15, -0.1) is 0 Å². The molecule has 1 heterocycles. The zero-order chi connectivity index (χ0) is 9.03. The quantitative estimate of drug-likeness (QED) is 0.636. The molecule has 68 valence electrons. The lowest BCUT2D eigenvalue weighted by atomic mass is 9.82. The Balaban J connectivity index is 2.48. The van der Waals surface area contributed by atoms with E-state index < -0.39 is 5.60 Å². The van der Waals surface area contributed by atoms with E-state index in [1.54, 1.807) is 6.92 Å². The largest absolute Gasteiger partial charge is 0.389 e. The summed E-state index contributed by atoms with van der Waals surface area (Å²) in [6.07, 6.45) is 2.37. The molecule has 0 saturated carbocycles. The van der Waals surface area contributed by atoms with Gasteiger partial charge in [-0.05, 0) is 26.3 Å². The van der Waals surface area contributed by atoms with Crippen LogP contribution in [0.2, 0.25) is 0 Å². The van der Waals surface area contributed by atoms with Crippen LogP contribution >= 0.6 is 0 Å². The molecule has 2 N–H and O–H groups in total. The van der Waals surface area contributed by atoms with Crippen molar-refractivity contribution in [2.45, 2.75) is 31.8 Å². The fourth-order valence-electron chi connectivity index (χ4n) is 1.69. The Bertz CT molecular complexity index is 177. The minimum Gasteiger partial charge on any atom is -0.389 e. The van der Waals surface area contributed by atoms with Gasteiger partial charge in [-0.2, -0.15) is 5.26 Å². The average molecular weight is 168 g/mol. The van der Waals surface area contributed by atoms with Crippen LogP contribution in [-0.4, -0.2) is 23.8 Å². The summed E-state index contributed by atoms with van der Waals surface area (Å²) in [5.41, 5.74) is -0.803. The lowest BCUT2D eigenvalue weighted by Gasteiger charge is -2.34. The third-order valence-electron chi connectivity index (χ3n) is 2.61. The van der Waals surface area contributed by atoms with E-state index in [1.807, 2.05) is 6.07 Å². The van der Waals surface area contributed by atoms with Gasteiger partial charge < -0.3 is 10.4 Å². The first kappa shape index (κ1) is 9.50. The first-order valence-electron chi connectivity index (χ1n) is 4.47. The summed E-state index contributed by atoms with van der Waals surface area (Å²) in [5.74, 6) is 0.242. The van der Waals surface area contributed by atoms with Crippen molar-refractivity contribution < 1.29 is 5.11 Å². The second kappa shape index (κ2) is 3.88. The highest BCUT2D eigenvalue weighted by molar-refractivity contribution is 4.92. The van der Waals surface area contributed by atoms with E-state index in [-0.39, 0.29) is 12.3 Å². The second-order valence-electron chi connectivity index (χ2n) is 3.74. The molecule has 1 aliphatic rings. The van der Waals surface area contributed by atoms with Gasteiger partial charge in [0, 0.05) is 12.5 Å². The Hall–Kier alpha value is -0.590. The first-order chi connectivity index (χ1) is 5.67. The molecule has 3 nitrogen and oxygen atoms in total. The fraction of sp³-hybridized carbons (Fsp3) is 0.889. The SMILES string of the molecule is CC(O)(CC#N)C1CCCNC1. The van der Waals surface area contributed by atoms with Crippen molar-refractivity contribution >= 4 is 0 Å². The maximum absolute atomic E-state index is 9.88. The van der Waals surface area contributed by atoms with Crippen molar-refractivity contribution in [1.82, 2.24) is 5.32 Å². The predicted molar refractivity (Wildman–Crippen MR) is 46.4 cm³/mol. The van der Waals surface area contributed by atoms with Gasteiger partial charge in [0.05, 0.1) is 18.1 Å². The van der Waals surface area contributed by atoms with Gasteiger partial charge in [0.15, 0.2) is 0 Å². The smallest absolute Gasteiger partial charge is 0.0789 e. The normalized spacial score (nSPS) is 28.9. The standard InChI is InChI=1S/C9H16N2O/c1-9(12,4-5-10)8-3-2-6-11-7-8/h8,11-12H,2-4,6-7H2,1H3. The summed E-state index contributed by atoms with van der Waals surface area (Å²) >= 11 is 0. The lowest BCUT2D eigenvalue weighted by Crippen LogP contribution is -2.44. The molecular weight excluding hydrogens is 152 g/mol. The molecule has 1 saturated heterocycles. The molecule has 0 aromatic heterocycles. The van der Waals surface area contributed by atoms with E-state index in [1.165, 1.54) is 0 Å². The topological polar surface area (TPSA) is 56.0 Å². The van der Waals surface area contributed by atoms with Gasteiger partial charge in [0.1, 0.15) is 0 Å². The van der Waals surface area contributed by atoms with Crippen LogP contribution in [0.1, 0.15) is 26.2 Å². The van der Waals surface area contributed by atoms with E-state index in [0.29, 0.717) is 0 Å². The molecule has 0 aromatic carbocycles. The molecule has 12 heavy (non-hydrogen) atoms. The molecule has 1 fully saturated rings. The highest BCUT2D eigenvalue weighted by Gasteiger charge is 2.32. The number of nitrogens with one attached hydrogen (secondary N) is 1. The van der Waals surface area contributed by atoms with Crippen LogP contribution in [0.3, 0.4) is 0 Å². The average Bonchev–Trinajstić information content (AvgIpc) is 2.06. The number of nitriles is 1.